The minimum Gasteiger partial charge on any atom is -0.461 e. The van der Waals surface area contributed by atoms with E-state index in [2.05, 4.69) is 15.2 Å². The van der Waals surface area contributed by atoms with E-state index in [9.17, 15) is 9.59 Å². The monoisotopic (exact) mass is 287 g/mol. The third-order valence-electron chi connectivity index (χ3n) is 3.07. The number of hydrogen-bond acceptors (Lipinski definition) is 5. The quantitative estimate of drug-likeness (QED) is 0.862. The molecule has 0 aliphatic carbocycles. The molecule has 0 saturated heterocycles. The Hall–Kier alpha value is -2.50. The van der Waals surface area contributed by atoms with Crippen LogP contribution in [0.15, 0.2) is 23.0 Å². The number of ether oxygens (including phenoxy) is 1. The Kier molecular flexibility index (Phi) is 4.47. The van der Waals surface area contributed by atoms with Gasteiger partial charge in [-0.15, -0.1) is 0 Å². The number of pyridine rings is 1. The molecular formula is C15H17N3O3. The van der Waals surface area contributed by atoms with Crippen molar-refractivity contribution in [3.8, 4) is 0 Å². The summed E-state index contributed by atoms with van der Waals surface area (Å²) in [5.74, 6) is -0.440. The van der Waals surface area contributed by atoms with Gasteiger partial charge in [0.15, 0.2) is 0 Å². The Morgan fingerprint density at radius 3 is 2.71 bits per heavy atom. The number of carbonyl (C=O) groups excluding carboxylic acids is 1. The van der Waals surface area contributed by atoms with E-state index in [1.165, 1.54) is 0 Å². The third-order valence-corrected chi connectivity index (χ3v) is 3.07. The first-order chi connectivity index (χ1) is 10.0. The number of aromatic amines is 1. The lowest BCUT2D eigenvalue weighted by molar-refractivity contribution is 0.0519. The zero-order valence-corrected chi connectivity index (χ0v) is 12.3. The zero-order valence-electron chi connectivity index (χ0n) is 12.3. The lowest BCUT2D eigenvalue weighted by Gasteiger charge is -2.07. The first-order valence-electron chi connectivity index (χ1n) is 6.70. The summed E-state index contributed by atoms with van der Waals surface area (Å²) < 4.78 is 4.91. The fraction of sp³-hybridized carbons (Fsp3) is 0.333. The smallest absolute Gasteiger partial charge is 0.356 e. The van der Waals surface area contributed by atoms with Gasteiger partial charge in [0, 0.05) is 17.7 Å². The number of nitrogens with one attached hydrogen (secondary N) is 1. The molecule has 6 nitrogen and oxygen atoms in total. The maximum Gasteiger partial charge on any atom is 0.356 e. The topological polar surface area (TPSA) is 84.9 Å². The maximum atomic E-state index is 11.7. The lowest BCUT2D eigenvalue weighted by atomic mass is 10.0. The molecule has 2 aromatic heterocycles. The van der Waals surface area contributed by atoms with Crippen molar-refractivity contribution in [1.29, 1.82) is 0 Å². The molecule has 2 aromatic rings. The van der Waals surface area contributed by atoms with Crippen LogP contribution in [0.1, 0.15) is 39.9 Å². The predicted octanol–water partition coefficient (Wildman–Crippen LogP) is 1.55. The fourth-order valence-corrected chi connectivity index (χ4v) is 1.99. The molecule has 0 atom stereocenters. The van der Waals surface area contributed by atoms with Crippen molar-refractivity contribution in [3.63, 3.8) is 0 Å². The van der Waals surface area contributed by atoms with E-state index in [4.69, 9.17) is 4.74 Å². The van der Waals surface area contributed by atoms with Gasteiger partial charge in [-0.1, -0.05) is 6.07 Å². The Morgan fingerprint density at radius 1 is 1.29 bits per heavy atom. The largest absolute Gasteiger partial charge is 0.461 e. The normalized spacial score (nSPS) is 10.4. The van der Waals surface area contributed by atoms with E-state index < -0.39 is 5.97 Å². The van der Waals surface area contributed by atoms with Crippen molar-refractivity contribution in [2.45, 2.75) is 27.2 Å². The van der Waals surface area contributed by atoms with E-state index >= 15 is 0 Å². The van der Waals surface area contributed by atoms with Gasteiger partial charge in [-0.25, -0.2) is 14.9 Å². The SMILES string of the molecule is CCOC(=O)c1ccc(Cc2cc(C)n[nH]c2=O)c(C)n1. The Morgan fingerprint density at radius 2 is 2.05 bits per heavy atom. The van der Waals surface area contributed by atoms with E-state index in [-0.39, 0.29) is 11.3 Å². The highest BCUT2D eigenvalue weighted by Gasteiger charge is 2.11. The molecule has 0 bridgehead atoms. The predicted molar refractivity (Wildman–Crippen MR) is 77.3 cm³/mol. The average molecular weight is 287 g/mol. The van der Waals surface area contributed by atoms with Crippen LogP contribution in [-0.4, -0.2) is 27.8 Å². The lowest BCUT2D eigenvalue weighted by Crippen LogP contribution is -2.16. The number of hydrogen-bond donors (Lipinski definition) is 1. The minimum absolute atomic E-state index is 0.213. The van der Waals surface area contributed by atoms with Crippen LogP contribution >= 0.6 is 0 Å². The van der Waals surface area contributed by atoms with Crippen molar-refractivity contribution in [3.05, 3.63) is 56.8 Å². The van der Waals surface area contributed by atoms with Gasteiger partial charge in [0.05, 0.1) is 12.3 Å². The number of nitrogens with zero attached hydrogens (tertiary/aromatic N) is 2. The second-order valence-electron chi connectivity index (χ2n) is 4.70. The van der Waals surface area contributed by atoms with Gasteiger partial charge in [0.1, 0.15) is 5.69 Å². The molecule has 1 N–H and O–H groups in total. The van der Waals surface area contributed by atoms with Gasteiger partial charge in [-0.3, -0.25) is 4.79 Å². The van der Waals surface area contributed by atoms with Gasteiger partial charge in [0.25, 0.3) is 5.56 Å². The van der Waals surface area contributed by atoms with Gasteiger partial charge in [0.2, 0.25) is 0 Å². The Labute approximate surface area is 122 Å². The molecule has 0 aliphatic heterocycles. The van der Waals surface area contributed by atoms with Crippen LogP contribution < -0.4 is 5.56 Å². The molecule has 6 heteroatoms. The highest BCUT2D eigenvalue weighted by Crippen LogP contribution is 2.12. The molecule has 0 aromatic carbocycles. The molecular weight excluding hydrogens is 270 g/mol. The van der Waals surface area contributed by atoms with Crippen LogP contribution in [0.5, 0.6) is 0 Å². The van der Waals surface area contributed by atoms with E-state index in [1.807, 2.05) is 6.92 Å². The zero-order chi connectivity index (χ0) is 15.4. The van der Waals surface area contributed by atoms with Crippen LogP contribution in [0, 0.1) is 13.8 Å². The average Bonchev–Trinajstić information content (AvgIpc) is 2.45. The van der Waals surface area contributed by atoms with E-state index in [0.717, 1.165) is 11.3 Å². The maximum absolute atomic E-state index is 11.7. The van der Waals surface area contributed by atoms with Crippen LogP contribution in [-0.2, 0) is 11.2 Å². The minimum atomic E-state index is -0.440. The van der Waals surface area contributed by atoms with Crippen molar-refractivity contribution in [2.24, 2.45) is 0 Å². The van der Waals surface area contributed by atoms with Crippen molar-refractivity contribution >= 4 is 5.97 Å². The van der Waals surface area contributed by atoms with Crippen molar-refractivity contribution < 1.29 is 9.53 Å². The third kappa shape index (κ3) is 3.53. The van der Waals surface area contributed by atoms with Crippen LogP contribution in [0.4, 0.5) is 0 Å². The first kappa shape index (κ1) is 14.9. The molecule has 0 amide bonds. The van der Waals surface area contributed by atoms with Crippen molar-refractivity contribution in [1.82, 2.24) is 15.2 Å². The highest BCUT2D eigenvalue weighted by atomic mass is 16.5. The molecule has 2 heterocycles. The van der Waals surface area contributed by atoms with Crippen molar-refractivity contribution in [2.75, 3.05) is 6.61 Å². The summed E-state index contributed by atoms with van der Waals surface area (Å²) >= 11 is 0. The molecule has 0 fully saturated rings. The molecule has 0 radical (unpaired) electrons. The summed E-state index contributed by atoms with van der Waals surface area (Å²) in [5, 5.41) is 6.30. The van der Waals surface area contributed by atoms with Crippen LogP contribution in [0.25, 0.3) is 0 Å². The van der Waals surface area contributed by atoms with Crippen LogP contribution in [0.3, 0.4) is 0 Å². The highest BCUT2D eigenvalue weighted by molar-refractivity contribution is 5.87. The number of aromatic nitrogens is 3. The van der Waals surface area contributed by atoms with Gasteiger partial charge in [-0.2, -0.15) is 5.10 Å². The summed E-state index contributed by atoms with van der Waals surface area (Å²) in [6.45, 7) is 5.68. The van der Waals surface area contributed by atoms with Crippen LogP contribution in [0.2, 0.25) is 0 Å². The summed E-state index contributed by atoms with van der Waals surface area (Å²) in [5.41, 5.74) is 3.02. The number of H-pyrrole nitrogens is 1. The number of esters is 1. The Balaban J connectivity index is 2.27. The molecule has 0 aliphatic rings. The molecule has 2 rings (SSSR count). The summed E-state index contributed by atoms with van der Waals surface area (Å²) in [4.78, 5) is 27.6. The van der Waals surface area contributed by atoms with E-state index in [1.54, 1.807) is 32.0 Å². The second-order valence-corrected chi connectivity index (χ2v) is 4.70. The first-order valence-corrected chi connectivity index (χ1v) is 6.70. The molecule has 21 heavy (non-hydrogen) atoms. The number of aryl methyl sites for hydroxylation is 2. The Bertz CT molecular complexity index is 722. The summed E-state index contributed by atoms with van der Waals surface area (Å²) in [6, 6.07) is 5.16. The van der Waals surface area contributed by atoms with Gasteiger partial charge < -0.3 is 4.74 Å². The number of carbonyl (C=O) groups is 1. The summed E-state index contributed by atoms with van der Waals surface area (Å²) in [6.07, 6.45) is 0.445. The molecule has 0 unspecified atom stereocenters. The molecule has 0 spiro atoms. The van der Waals surface area contributed by atoms with E-state index in [0.29, 0.717) is 24.3 Å². The standard InChI is InChI=1S/C15H17N3O3/c1-4-21-15(20)13-6-5-11(10(3)16-13)8-12-7-9(2)17-18-14(12)19/h5-7H,4,8H2,1-3H3,(H,18,19). The fourth-order valence-electron chi connectivity index (χ4n) is 1.99. The second kappa shape index (κ2) is 6.30. The van der Waals surface area contributed by atoms with Gasteiger partial charge in [-0.05, 0) is 38.5 Å². The molecule has 0 saturated carbocycles. The number of rotatable bonds is 4. The molecule has 110 valence electrons. The summed E-state index contributed by atoms with van der Waals surface area (Å²) in [7, 11) is 0. The van der Waals surface area contributed by atoms with Gasteiger partial charge >= 0.3 is 5.97 Å².